The van der Waals surface area contributed by atoms with Crippen LogP contribution < -0.4 is 16.0 Å². The summed E-state index contributed by atoms with van der Waals surface area (Å²) in [4.78, 5) is 20.4. The van der Waals surface area contributed by atoms with Gasteiger partial charge in [-0.3, -0.25) is 14.7 Å². The molecule has 0 unspecified atom stereocenters. The average Bonchev–Trinajstić information content (AvgIpc) is 3.33. The fourth-order valence-corrected chi connectivity index (χ4v) is 5.02. The first-order chi connectivity index (χ1) is 14.7. The van der Waals surface area contributed by atoms with Gasteiger partial charge in [0.2, 0.25) is 0 Å². The van der Waals surface area contributed by atoms with Crippen LogP contribution in [0.3, 0.4) is 0 Å². The van der Waals surface area contributed by atoms with Crippen molar-refractivity contribution in [1.82, 2.24) is 20.9 Å². The molecule has 3 rings (SSSR count). The molecule has 0 bridgehead atoms. The molecule has 1 aromatic heterocycles. The number of amides is 1. The minimum Gasteiger partial charge on any atom is -0.379 e. The van der Waals surface area contributed by atoms with Crippen LogP contribution in [0.2, 0.25) is 0 Å². The molecule has 1 amide bonds. The number of morpholine rings is 1. The number of aliphatic imine (C=N–C) groups is 1. The summed E-state index contributed by atoms with van der Waals surface area (Å²) in [5.74, 6) is 0.885. The van der Waals surface area contributed by atoms with E-state index in [0.717, 1.165) is 63.2 Å². The second kappa shape index (κ2) is 14.3. The van der Waals surface area contributed by atoms with Crippen molar-refractivity contribution < 1.29 is 9.53 Å². The smallest absolute Gasteiger partial charge is 0.261 e. The molecule has 31 heavy (non-hydrogen) atoms. The lowest BCUT2D eigenvalue weighted by molar-refractivity contribution is -0.0333. The van der Waals surface area contributed by atoms with E-state index in [4.69, 9.17) is 9.73 Å². The van der Waals surface area contributed by atoms with Gasteiger partial charge in [-0.2, -0.15) is 0 Å². The Hall–Kier alpha value is -0.910. The summed E-state index contributed by atoms with van der Waals surface area (Å²) in [5, 5.41) is 11.7. The Kier molecular flexibility index (Phi) is 12.1. The lowest BCUT2D eigenvalue weighted by Crippen LogP contribution is -2.56. The molecule has 1 aliphatic carbocycles. The second-order valence-corrected chi connectivity index (χ2v) is 9.04. The molecule has 0 spiro atoms. The van der Waals surface area contributed by atoms with E-state index >= 15 is 0 Å². The molecule has 2 fully saturated rings. The Morgan fingerprint density at radius 3 is 2.58 bits per heavy atom. The molecule has 1 saturated carbocycles. The highest BCUT2D eigenvalue weighted by atomic mass is 127. The third-order valence-corrected chi connectivity index (χ3v) is 6.89. The summed E-state index contributed by atoms with van der Waals surface area (Å²) in [6.45, 7) is 8.90. The van der Waals surface area contributed by atoms with Gasteiger partial charge in [0.1, 0.15) is 0 Å². The maximum Gasteiger partial charge on any atom is 0.261 e. The van der Waals surface area contributed by atoms with Crippen molar-refractivity contribution in [2.75, 3.05) is 52.5 Å². The lowest BCUT2D eigenvalue weighted by Gasteiger charge is -2.47. The van der Waals surface area contributed by atoms with Gasteiger partial charge >= 0.3 is 0 Å². The van der Waals surface area contributed by atoms with Crippen molar-refractivity contribution in [2.24, 2.45) is 4.99 Å². The van der Waals surface area contributed by atoms with E-state index in [1.54, 1.807) is 0 Å². The van der Waals surface area contributed by atoms with E-state index in [2.05, 4.69) is 27.8 Å². The first-order valence-electron chi connectivity index (χ1n) is 11.4. The largest absolute Gasteiger partial charge is 0.379 e. The Balaban J connectivity index is 0.00000341. The number of hydrogen-bond donors (Lipinski definition) is 3. The third kappa shape index (κ3) is 8.18. The Labute approximate surface area is 207 Å². The monoisotopic (exact) mass is 563 g/mol. The number of ether oxygens (including phenoxy) is 1. The van der Waals surface area contributed by atoms with E-state index in [9.17, 15) is 4.79 Å². The van der Waals surface area contributed by atoms with Crippen LogP contribution in [0, 0.1) is 0 Å². The lowest BCUT2D eigenvalue weighted by atomic mass is 9.80. The van der Waals surface area contributed by atoms with Crippen LogP contribution in [-0.2, 0) is 4.74 Å². The van der Waals surface area contributed by atoms with Crippen LogP contribution in [0.15, 0.2) is 22.5 Å². The van der Waals surface area contributed by atoms with E-state index in [-0.39, 0.29) is 35.4 Å². The number of thiophene rings is 1. The zero-order chi connectivity index (χ0) is 21.1. The predicted octanol–water partition coefficient (Wildman–Crippen LogP) is 3.08. The third-order valence-electron chi connectivity index (χ3n) is 6.02. The van der Waals surface area contributed by atoms with E-state index < -0.39 is 0 Å². The molecule has 2 aliphatic rings. The normalized spacial score (nSPS) is 19.3. The van der Waals surface area contributed by atoms with Crippen LogP contribution in [-0.4, -0.2) is 74.8 Å². The van der Waals surface area contributed by atoms with Gasteiger partial charge in [-0.1, -0.05) is 25.3 Å². The van der Waals surface area contributed by atoms with Gasteiger partial charge in [-0.05, 0) is 37.6 Å². The van der Waals surface area contributed by atoms with Crippen molar-refractivity contribution in [3.8, 4) is 0 Å². The van der Waals surface area contributed by atoms with E-state index in [1.165, 1.54) is 43.4 Å². The summed E-state index contributed by atoms with van der Waals surface area (Å²) in [6.07, 6.45) is 7.23. The van der Waals surface area contributed by atoms with Crippen molar-refractivity contribution in [3.05, 3.63) is 22.4 Å². The topological polar surface area (TPSA) is 78.0 Å². The molecule has 2 heterocycles. The Morgan fingerprint density at radius 2 is 1.90 bits per heavy atom. The zero-order valence-corrected chi connectivity index (χ0v) is 21.8. The van der Waals surface area contributed by atoms with Crippen LogP contribution in [0.25, 0.3) is 0 Å². The average molecular weight is 564 g/mol. The highest BCUT2D eigenvalue weighted by Crippen LogP contribution is 2.34. The predicted molar refractivity (Wildman–Crippen MR) is 139 cm³/mol. The van der Waals surface area contributed by atoms with E-state index in [1.807, 2.05) is 17.5 Å². The van der Waals surface area contributed by atoms with Gasteiger partial charge in [0, 0.05) is 38.3 Å². The fourth-order valence-electron chi connectivity index (χ4n) is 4.38. The molecule has 9 heteroatoms. The molecule has 1 aliphatic heterocycles. The molecule has 0 aromatic carbocycles. The second-order valence-electron chi connectivity index (χ2n) is 8.09. The summed E-state index contributed by atoms with van der Waals surface area (Å²) in [5.41, 5.74) is 0.180. The molecule has 7 nitrogen and oxygen atoms in total. The minimum atomic E-state index is 0. The molecule has 0 radical (unpaired) electrons. The standard InChI is InChI=1S/C22H37N5O2S.HI/c1-2-23-21(25-12-7-11-24-20(28)19-8-6-17-30-19)26-18-22(9-4-3-5-10-22)27-13-15-29-16-14-27;/h6,8,17H,2-5,7,9-16,18H2,1H3,(H,24,28)(H2,23,25,26);1H. The number of nitrogens with zero attached hydrogens (tertiary/aromatic N) is 2. The summed E-state index contributed by atoms with van der Waals surface area (Å²) in [7, 11) is 0. The van der Waals surface area contributed by atoms with Gasteiger partial charge < -0.3 is 20.7 Å². The van der Waals surface area contributed by atoms with Gasteiger partial charge in [0.05, 0.1) is 24.6 Å². The SMILES string of the molecule is CCNC(=NCC1(N2CCOCC2)CCCCC1)NCCCNC(=O)c1cccs1.I. The molecular formula is C22H38IN5O2S. The van der Waals surface area contributed by atoms with E-state index in [0.29, 0.717) is 6.54 Å². The summed E-state index contributed by atoms with van der Waals surface area (Å²) < 4.78 is 5.58. The number of hydrogen-bond acceptors (Lipinski definition) is 5. The van der Waals surface area contributed by atoms with Crippen LogP contribution in [0.4, 0.5) is 0 Å². The highest BCUT2D eigenvalue weighted by molar-refractivity contribution is 14.0. The number of carbonyl (C=O) groups excluding carboxylic acids is 1. The molecule has 1 saturated heterocycles. The molecule has 0 atom stereocenters. The van der Waals surface area contributed by atoms with Crippen molar-refractivity contribution in [3.63, 3.8) is 0 Å². The van der Waals surface area contributed by atoms with Gasteiger partial charge in [-0.25, -0.2) is 0 Å². The highest BCUT2D eigenvalue weighted by Gasteiger charge is 2.38. The number of rotatable bonds is 9. The van der Waals surface area contributed by atoms with Crippen molar-refractivity contribution in [2.45, 2.75) is 51.0 Å². The van der Waals surface area contributed by atoms with Crippen molar-refractivity contribution >= 4 is 47.2 Å². The zero-order valence-electron chi connectivity index (χ0n) is 18.7. The van der Waals surface area contributed by atoms with Gasteiger partial charge in [0.15, 0.2) is 5.96 Å². The molecule has 3 N–H and O–H groups in total. The fraction of sp³-hybridized carbons (Fsp3) is 0.727. The number of halogens is 1. The van der Waals surface area contributed by atoms with Crippen LogP contribution in [0.1, 0.15) is 55.1 Å². The first kappa shape index (κ1) is 26.3. The summed E-state index contributed by atoms with van der Waals surface area (Å²) in [6, 6.07) is 3.75. The van der Waals surface area contributed by atoms with Crippen LogP contribution >= 0.6 is 35.3 Å². The quantitative estimate of drug-likeness (QED) is 0.186. The number of guanidine groups is 1. The number of nitrogens with one attached hydrogen (secondary N) is 3. The minimum absolute atomic E-state index is 0. The Morgan fingerprint density at radius 1 is 1.16 bits per heavy atom. The van der Waals surface area contributed by atoms with Gasteiger partial charge in [0.25, 0.3) is 5.91 Å². The van der Waals surface area contributed by atoms with Crippen LogP contribution in [0.5, 0.6) is 0 Å². The molecule has 1 aromatic rings. The first-order valence-corrected chi connectivity index (χ1v) is 12.3. The maximum absolute atomic E-state index is 12.0. The summed E-state index contributed by atoms with van der Waals surface area (Å²) >= 11 is 1.47. The molecular weight excluding hydrogens is 525 g/mol. The van der Waals surface area contributed by atoms with Crippen molar-refractivity contribution in [1.29, 1.82) is 0 Å². The maximum atomic E-state index is 12.0. The van der Waals surface area contributed by atoms with Gasteiger partial charge in [-0.15, -0.1) is 35.3 Å². The Bertz CT molecular complexity index is 659. The molecule has 176 valence electrons. The number of carbonyl (C=O) groups is 1.